The Morgan fingerprint density at radius 1 is 0.381 bits per heavy atom. The van der Waals surface area contributed by atoms with E-state index in [4.69, 9.17) is 14.2 Å². The van der Waals surface area contributed by atoms with E-state index in [0.29, 0.717) is 81.4 Å². The second-order valence-electron chi connectivity index (χ2n) is 36.2. The molecule has 12 aromatic rings. The van der Waals surface area contributed by atoms with E-state index in [1.807, 2.05) is 52.0 Å². The van der Waals surface area contributed by atoms with Gasteiger partial charge in [0.2, 0.25) is 11.8 Å². The maximum atomic E-state index is 13.7. The van der Waals surface area contributed by atoms with Crippen molar-refractivity contribution in [3.63, 3.8) is 0 Å². The molecule has 16 rings (SSSR count). The summed E-state index contributed by atoms with van der Waals surface area (Å²) in [5, 5.41) is 0. The van der Waals surface area contributed by atoms with Gasteiger partial charge in [0.25, 0.3) is 0 Å². The van der Waals surface area contributed by atoms with E-state index >= 15 is 0 Å². The molecule has 4 aliphatic rings. The molecule has 0 saturated carbocycles. The molecule has 2 unspecified atom stereocenters. The van der Waals surface area contributed by atoms with Crippen LogP contribution in [0.25, 0.3) is 44.5 Å². The smallest absolute Gasteiger partial charge is 0.411 e. The van der Waals surface area contributed by atoms with Crippen LogP contribution >= 0.6 is 0 Å². The first-order valence-corrected chi connectivity index (χ1v) is 44.5. The topological polar surface area (TPSA) is 109 Å². The average Bonchev–Trinajstić information content (AvgIpc) is 1.51. The first kappa shape index (κ1) is 91.4. The Labute approximate surface area is 744 Å². The van der Waals surface area contributed by atoms with Crippen LogP contribution in [0, 0.1) is 65.9 Å². The zero-order valence-electron chi connectivity index (χ0n) is 76.2. The summed E-state index contributed by atoms with van der Waals surface area (Å²) in [6.45, 7) is 38.2. The molecule has 0 radical (unpaired) electrons. The van der Waals surface area contributed by atoms with Crippen molar-refractivity contribution in [2.45, 2.75) is 210 Å². The van der Waals surface area contributed by atoms with Crippen LogP contribution in [0.1, 0.15) is 222 Å². The molecule has 0 spiro atoms. The lowest BCUT2D eigenvalue weighted by Gasteiger charge is -2.24. The standard InChI is InChI=1S/C28H29F2NO.C28H30FNO2.C28H31NO3.C28H31NO/c1-17(2)20-7-6-19(4)25(12-20)24-9-5-18(3)11-23(24)16-31-15-22(14-28(31)32)21-8-10-26(29)27(30)13-21;1-17(2)22-8-7-19(4)26(15-22)25-13-6-18(3)14-23(25)16-30-20(5)27(32-28(30)31)21-9-11-24(29)12-10-21;1-19(2)22-11-13-27(31-4)26(16-22)25-12-10-20(3)14-23(25)17-29-24(18-32-28(29)30)15-21-8-6-5-7-9-21;1-19(2)23-12-11-21(4)27(15-23)26-13-10-20(3)14-25(26)18-29-17-24(16-28(29)30)22-8-6-5-7-9-22/h5-13,17,22H,14-16H2,1-4H3;6-15,17,20,27H,16H2,1-5H3;5-14,16,19,24H,15,17-18H2,1-4H3;5-15,19,24H,16-18H2,1-4H3/t;20-,27-;24-;/m.00./s1. The maximum absolute atomic E-state index is 13.7. The average molecular weight is 1690 g/mol. The number of amides is 4. The van der Waals surface area contributed by atoms with E-state index in [9.17, 15) is 32.3 Å². The Morgan fingerprint density at radius 3 is 1.21 bits per heavy atom. The van der Waals surface area contributed by atoms with Gasteiger partial charge in [0.1, 0.15) is 24.3 Å². The molecule has 12 aromatic carbocycles. The van der Waals surface area contributed by atoms with Crippen LogP contribution in [-0.2, 0) is 51.7 Å². The Bertz CT molecular complexity index is 5880. The number of methoxy groups -OCH3 is 1. The third-order valence-corrected chi connectivity index (χ3v) is 25.4. The molecular weight excluding hydrogens is 1570 g/mol. The van der Waals surface area contributed by atoms with E-state index in [1.54, 1.807) is 30.2 Å². The number of likely N-dealkylation sites (tertiary alicyclic amines) is 2. The highest BCUT2D eigenvalue weighted by Gasteiger charge is 2.41. The fourth-order valence-electron chi connectivity index (χ4n) is 17.7. The highest BCUT2D eigenvalue weighted by molar-refractivity contribution is 5.83. The maximum Gasteiger partial charge on any atom is 0.411 e. The molecule has 652 valence electrons. The number of nitrogens with zero attached hydrogens (tertiary/aromatic N) is 4. The molecule has 4 saturated heterocycles. The van der Waals surface area contributed by atoms with Gasteiger partial charge in [-0.3, -0.25) is 19.4 Å². The number of rotatable bonds is 22. The molecule has 4 amide bonds. The lowest BCUT2D eigenvalue weighted by Crippen LogP contribution is -2.34. The number of cyclic esters (lactones) is 2. The predicted molar refractivity (Wildman–Crippen MR) is 503 cm³/mol. The van der Waals surface area contributed by atoms with Crippen LogP contribution in [-0.4, -0.2) is 82.5 Å². The number of halogens is 3. The van der Waals surface area contributed by atoms with Crippen molar-refractivity contribution in [2.24, 2.45) is 0 Å². The SMILES string of the molecule is COc1ccc(C(C)C)cc1-c1ccc(C)cc1CN1C(=O)OC[C@@H]1Cc1ccccc1.Cc1ccc(-c2cc(C(C)C)ccc2C)c(CN2C(=O)O[C@H](c3ccc(F)cc3)[C@@H]2C)c1.Cc1ccc(-c2cc(C(C)C)ccc2C)c(CN2CC(c3ccc(F)c(F)c3)CC2=O)c1.Cc1ccc(-c2cc(C(C)C)ccc2C)c(CN2CC(c3ccccc3)CC2=O)c1. The summed E-state index contributed by atoms with van der Waals surface area (Å²) in [5.74, 6) is 1.04. The van der Waals surface area contributed by atoms with Crippen molar-refractivity contribution in [1.29, 1.82) is 0 Å². The number of aryl methyl sites for hydroxylation is 7. The summed E-state index contributed by atoms with van der Waals surface area (Å²) in [4.78, 5) is 58.6. The van der Waals surface area contributed by atoms with E-state index in [2.05, 4.69) is 280 Å². The van der Waals surface area contributed by atoms with Crippen molar-refractivity contribution < 1.29 is 46.6 Å². The Kier molecular flexibility index (Phi) is 29.6. The zero-order valence-corrected chi connectivity index (χ0v) is 76.2. The molecule has 4 fully saturated rings. The van der Waals surface area contributed by atoms with Gasteiger partial charge < -0.3 is 24.0 Å². The number of carbonyl (C=O) groups excluding carboxylic acids is 4. The predicted octanol–water partition coefficient (Wildman–Crippen LogP) is 27.2. The number of benzene rings is 12. The van der Waals surface area contributed by atoms with E-state index in [1.165, 1.54) is 102 Å². The highest BCUT2D eigenvalue weighted by Crippen LogP contribution is 2.43. The number of hydrogen-bond acceptors (Lipinski definition) is 7. The van der Waals surface area contributed by atoms with Gasteiger partial charge in [-0.15, -0.1) is 0 Å². The highest BCUT2D eigenvalue weighted by atomic mass is 19.2. The molecule has 11 nitrogen and oxygen atoms in total. The summed E-state index contributed by atoms with van der Waals surface area (Å²) in [7, 11) is 1.70. The first-order valence-electron chi connectivity index (χ1n) is 44.5. The molecule has 0 N–H and O–H groups in total. The Morgan fingerprint density at radius 2 is 0.778 bits per heavy atom. The first-order chi connectivity index (χ1) is 60.3. The van der Waals surface area contributed by atoms with Crippen LogP contribution < -0.4 is 4.74 Å². The van der Waals surface area contributed by atoms with Crippen molar-refractivity contribution in [2.75, 3.05) is 26.8 Å². The fraction of sp³-hybridized carbons (Fsp3) is 0.321. The second-order valence-corrected chi connectivity index (χ2v) is 36.2. The molecule has 126 heavy (non-hydrogen) atoms. The normalized spacial score (nSPS) is 16.7. The largest absolute Gasteiger partial charge is 0.496 e. The van der Waals surface area contributed by atoms with E-state index in [0.717, 1.165) is 86.0 Å². The van der Waals surface area contributed by atoms with Crippen molar-refractivity contribution in [3.05, 3.63) is 372 Å². The minimum absolute atomic E-state index is 0.0159. The van der Waals surface area contributed by atoms with E-state index < -0.39 is 17.7 Å². The van der Waals surface area contributed by atoms with Gasteiger partial charge in [0, 0.05) is 56.4 Å². The van der Waals surface area contributed by atoms with Crippen LogP contribution in [0.2, 0.25) is 0 Å². The molecule has 0 aromatic heterocycles. The molecule has 0 aliphatic carbocycles. The van der Waals surface area contributed by atoms with Gasteiger partial charge in [0.05, 0.1) is 32.3 Å². The van der Waals surface area contributed by atoms with Crippen LogP contribution in [0.5, 0.6) is 5.75 Å². The third-order valence-electron chi connectivity index (χ3n) is 25.4. The van der Waals surface area contributed by atoms with Crippen LogP contribution in [0.15, 0.2) is 249 Å². The van der Waals surface area contributed by atoms with Crippen molar-refractivity contribution >= 4 is 24.0 Å². The molecule has 4 heterocycles. The minimum atomic E-state index is -0.866. The van der Waals surface area contributed by atoms with Crippen LogP contribution in [0.3, 0.4) is 0 Å². The molecule has 14 heteroatoms. The summed E-state index contributed by atoms with van der Waals surface area (Å²) < 4.78 is 57.2. The second kappa shape index (κ2) is 40.8. The van der Waals surface area contributed by atoms with E-state index in [-0.39, 0.29) is 53.7 Å². The van der Waals surface area contributed by atoms with Gasteiger partial charge in [-0.2, -0.15) is 0 Å². The Balaban J connectivity index is 0.000000144. The summed E-state index contributed by atoms with van der Waals surface area (Å²) in [5.41, 5.74) is 31.4. The lowest BCUT2D eigenvalue weighted by molar-refractivity contribution is -0.129. The van der Waals surface area contributed by atoms with Gasteiger partial charge >= 0.3 is 12.2 Å². The summed E-state index contributed by atoms with van der Waals surface area (Å²) in [6, 6.07) is 82.9. The molecule has 0 bridgehead atoms. The van der Waals surface area contributed by atoms with Gasteiger partial charge in [-0.05, 0) is 244 Å². The van der Waals surface area contributed by atoms with Crippen LogP contribution in [0.4, 0.5) is 22.8 Å². The summed E-state index contributed by atoms with van der Waals surface area (Å²) in [6.07, 6.45) is 0.691. The van der Waals surface area contributed by atoms with Gasteiger partial charge in [-0.1, -0.05) is 290 Å². The summed E-state index contributed by atoms with van der Waals surface area (Å²) >= 11 is 0. The molecular formula is C112H121F3N4O7. The lowest BCUT2D eigenvalue weighted by atomic mass is 9.90. The number of ether oxygens (including phenoxy) is 3. The third kappa shape index (κ3) is 22.0. The number of hydrogen-bond donors (Lipinski definition) is 0. The van der Waals surface area contributed by atoms with Crippen molar-refractivity contribution in [1.82, 2.24) is 19.6 Å². The monoisotopic (exact) mass is 1690 g/mol. The zero-order chi connectivity index (χ0) is 89.9. The molecule has 4 aliphatic heterocycles. The van der Waals surface area contributed by atoms with Gasteiger partial charge in [0.15, 0.2) is 11.6 Å². The minimum Gasteiger partial charge on any atom is -0.496 e. The fourth-order valence-corrected chi connectivity index (χ4v) is 17.7. The Hall–Kier alpha value is -12.3. The quantitative estimate of drug-likeness (QED) is 0.0665. The molecule has 5 atom stereocenters. The van der Waals surface area contributed by atoms with Gasteiger partial charge in [-0.25, -0.2) is 22.8 Å². The number of carbonyl (C=O) groups is 4. The van der Waals surface area contributed by atoms with Crippen molar-refractivity contribution in [3.8, 4) is 50.3 Å².